The summed E-state index contributed by atoms with van der Waals surface area (Å²) in [5.41, 5.74) is -1.51. The van der Waals surface area contributed by atoms with E-state index in [2.05, 4.69) is 0 Å². The molecule has 0 N–H and O–H groups in total. The number of carbonyl (C=O) groups excluding carboxylic acids is 2. The van der Waals surface area contributed by atoms with E-state index in [-0.39, 0.29) is 11.9 Å². The van der Waals surface area contributed by atoms with Gasteiger partial charge in [0, 0.05) is 44.6 Å². The van der Waals surface area contributed by atoms with Crippen LogP contribution in [0.4, 0.5) is 0 Å². The van der Waals surface area contributed by atoms with E-state index >= 15 is 0 Å². The van der Waals surface area contributed by atoms with Crippen molar-refractivity contribution in [2.75, 3.05) is 23.0 Å². The molecule has 2 atom stereocenters. The number of benzene rings is 2. The molecule has 0 amide bonds. The van der Waals surface area contributed by atoms with Crippen LogP contribution in [-0.4, -0.2) is 43.4 Å². The van der Waals surface area contributed by atoms with Gasteiger partial charge in [-0.25, -0.2) is 0 Å². The minimum absolute atomic E-state index is 0.352. The highest BCUT2D eigenvalue weighted by molar-refractivity contribution is 7.85. The van der Waals surface area contributed by atoms with Gasteiger partial charge in [-0.2, -0.15) is 0 Å². The number of carbonyl (C=O) groups is 2. The van der Waals surface area contributed by atoms with E-state index in [4.69, 9.17) is 9.47 Å². The van der Waals surface area contributed by atoms with Gasteiger partial charge in [-0.15, -0.1) is 0 Å². The highest BCUT2D eigenvalue weighted by atomic mass is 32.2. The highest BCUT2D eigenvalue weighted by Crippen LogP contribution is 2.26. The van der Waals surface area contributed by atoms with E-state index in [1.54, 1.807) is 76.2 Å². The zero-order chi connectivity index (χ0) is 25.9. The first-order chi connectivity index (χ1) is 16.5. The van der Waals surface area contributed by atoms with Crippen LogP contribution < -0.4 is 9.47 Å². The van der Waals surface area contributed by atoms with Gasteiger partial charge in [0.2, 0.25) is 0 Å². The number of hydrogen-bond donors (Lipinski definition) is 0. The molecule has 2 rings (SSSR count). The van der Waals surface area contributed by atoms with Crippen molar-refractivity contribution in [1.29, 1.82) is 0 Å². The second kappa shape index (κ2) is 13.7. The van der Waals surface area contributed by atoms with Crippen molar-refractivity contribution in [3.8, 4) is 11.5 Å². The van der Waals surface area contributed by atoms with Crippen LogP contribution in [0.2, 0.25) is 0 Å². The van der Waals surface area contributed by atoms with Gasteiger partial charge in [0.1, 0.15) is 11.5 Å². The van der Waals surface area contributed by atoms with Crippen LogP contribution in [-0.2, 0) is 31.2 Å². The second-order valence-electron chi connectivity index (χ2n) is 9.72. The summed E-state index contributed by atoms with van der Waals surface area (Å²) in [7, 11) is -2.23. The van der Waals surface area contributed by atoms with Gasteiger partial charge >= 0.3 is 11.9 Å². The van der Waals surface area contributed by atoms with Gasteiger partial charge in [-0.3, -0.25) is 18.0 Å². The van der Waals surface area contributed by atoms with Crippen LogP contribution in [0.25, 0.3) is 0 Å². The van der Waals surface area contributed by atoms with Crippen LogP contribution >= 0.6 is 0 Å². The van der Waals surface area contributed by atoms with Crippen LogP contribution in [0, 0.1) is 10.8 Å². The molecule has 8 heteroatoms. The lowest BCUT2D eigenvalue weighted by atomic mass is 9.90. The molecule has 0 aliphatic carbocycles. The monoisotopic (exact) mass is 520 g/mol. The Bertz CT molecular complexity index is 921. The summed E-state index contributed by atoms with van der Waals surface area (Å²) in [6, 6.07) is 17.8. The number of para-hydroxylation sites is 2. The predicted octanol–water partition coefficient (Wildman–Crippen LogP) is 4.92. The molecule has 0 spiro atoms. The van der Waals surface area contributed by atoms with Crippen molar-refractivity contribution in [1.82, 2.24) is 0 Å². The molecule has 6 nitrogen and oxygen atoms in total. The second-order valence-corrected chi connectivity index (χ2v) is 13.1. The SMILES string of the molecule is CC(C)(CCS(=O)CCCS(=O)CCC(C)(C)C(=O)Oc1ccccc1)C(=O)Oc1ccccc1. The van der Waals surface area contributed by atoms with Crippen LogP contribution in [0.5, 0.6) is 11.5 Å². The predicted molar refractivity (Wildman–Crippen MR) is 141 cm³/mol. The van der Waals surface area contributed by atoms with Crippen molar-refractivity contribution < 1.29 is 27.5 Å². The fraction of sp³-hybridized carbons (Fsp3) is 0.481. The number of ether oxygens (including phenoxy) is 2. The van der Waals surface area contributed by atoms with E-state index in [0.717, 1.165) is 0 Å². The van der Waals surface area contributed by atoms with Crippen molar-refractivity contribution in [3.05, 3.63) is 60.7 Å². The minimum Gasteiger partial charge on any atom is -0.426 e. The first-order valence-electron chi connectivity index (χ1n) is 11.7. The summed E-state index contributed by atoms with van der Waals surface area (Å²) in [6.45, 7) is 7.15. The molecule has 0 aliphatic heterocycles. The van der Waals surface area contributed by atoms with E-state index < -0.39 is 32.4 Å². The summed E-state index contributed by atoms with van der Waals surface area (Å²) >= 11 is 0. The van der Waals surface area contributed by atoms with E-state index in [9.17, 15) is 18.0 Å². The van der Waals surface area contributed by atoms with Crippen molar-refractivity contribution in [2.45, 2.75) is 47.0 Å². The van der Waals surface area contributed by atoms with E-state index in [1.807, 2.05) is 12.1 Å². The van der Waals surface area contributed by atoms with Crippen LogP contribution in [0.3, 0.4) is 0 Å². The van der Waals surface area contributed by atoms with Gasteiger partial charge in [0.25, 0.3) is 0 Å². The van der Waals surface area contributed by atoms with Crippen molar-refractivity contribution in [3.63, 3.8) is 0 Å². The Morgan fingerprint density at radius 3 is 1.31 bits per heavy atom. The largest absolute Gasteiger partial charge is 0.426 e. The van der Waals surface area contributed by atoms with E-state index in [1.165, 1.54) is 0 Å². The zero-order valence-electron chi connectivity index (χ0n) is 21.0. The molecule has 192 valence electrons. The molecule has 2 aromatic rings. The van der Waals surface area contributed by atoms with Gasteiger partial charge in [0.05, 0.1) is 10.8 Å². The molecule has 0 radical (unpaired) electrons. The maximum atomic E-state index is 12.5. The normalized spacial score (nSPS) is 13.6. The molecule has 0 fully saturated rings. The van der Waals surface area contributed by atoms with Gasteiger partial charge in [-0.05, 0) is 71.2 Å². The third-order valence-electron chi connectivity index (χ3n) is 5.67. The Hall–Kier alpha value is -2.32. The molecule has 0 saturated carbocycles. The molecule has 2 aromatic carbocycles. The van der Waals surface area contributed by atoms with Gasteiger partial charge in [0.15, 0.2) is 0 Å². The van der Waals surface area contributed by atoms with Crippen LogP contribution in [0.15, 0.2) is 60.7 Å². The lowest BCUT2D eigenvalue weighted by molar-refractivity contribution is -0.144. The Balaban J connectivity index is 1.66. The Morgan fingerprint density at radius 2 is 0.971 bits per heavy atom. The summed E-state index contributed by atoms with van der Waals surface area (Å²) in [4.78, 5) is 24.9. The van der Waals surface area contributed by atoms with Gasteiger partial charge in [-0.1, -0.05) is 36.4 Å². The summed E-state index contributed by atoms with van der Waals surface area (Å²) in [5, 5.41) is 0. The quantitative estimate of drug-likeness (QED) is 0.260. The maximum absolute atomic E-state index is 12.5. The Labute approximate surface area is 213 Å². The molecule has 0 aliphatic rings. The number of esters is 2. The maximum Gasteiger partial charge on any atom is 0.316 e. The van der Waals surface area contributed by atoms with E-state index in [0.29, 0.717) is 53.8 Å². The third kappa shape index (κ3) is 10.4. The fourth-order valence-corrected chi connectivity index (χ4v) is 5.99. The molecule has 0 heterocycles. The van der Waals surface area contributed by atoms with Crippen LogP contribution in [0.1, 0.15) is 47.0 Å². The van der Waals surface area contributed by atoms with Gasteiger partial charge < -0.3 is 9.47 Å². The first kappa shape index (κ1) is 28.9. The van der Waals surface area contributed by atoms with Crippen molar-refractivity contribution in [2.24, 2.45) is 10.8 Å². The fourth-order valence-electron chi connectivity index (χ4n) is 2.99. The third-order valence-corrected chi connectivity index (χ3v) is 8.47. The molecule has 0 bridgehead atoms. The lowest BCUT2D eigenvalue weighted by Gasteiger charge is -2.22. The van der Waals surface area contributed by atoms with Crippen molar-refractivity contribution >= 4 is 33.5 Å². The topological polar surface area (TPSA) is 86.7 Å². The summed E-state index contributed by atoms with van der Waals surface area (Å²) in [6.07, 6.45) is 1.43. The average molecular weight is 521 g/mol. The molecule has 35 heavy (non-hydrogen) atoms. The number of hydrogen-bond acceptors (Lipinski definition) is 6. The standard InChI is InChI=1S/C27H36O6S2/c1-26(2,24(28)32-22-12-7-5-8-13-22)16-20-34(30)18-11-19-35(31)21-17-27(3,4)25(29)33-23-14-9-6-10-15-23/h5-10,12-15H,11,16-21H2,1-4H3. The first-order valence-corrected chi connectivity index (χ1v) is 14.7. The lowest BCUT2D eigenvalue weighted by Crippen LogP contribution is -2.31. The summed E-state index contributed by atoms with van der Waals surface area (Å²) in [5.74, 6) is 1.88. The molecule has 0 saturated heterocycles. The zero-order valence-corrected chi connectivity index (χ0v) is 22.6. The molecule has 0 aromatic heterocycles. The summed E-state index contributed by atoms with van der Waals surface area (Å²) < 4.78 is 35.7. The average Bonchev–Trinajstić information content (AvgIpc) is 2.83. The molecule has 2 unspecified atom stereocenters. The molecular weight excluding hydrogens is 484 g/mol. The molecular formula is C27H36O6S2. The minimum atomic E-state index is -1.11. The number of rotatable bonds is 14. The smallest absolute Gasteiger partial charge is 0.316 e. The highest BCUT2D eigenvalue weighted by Gasteiger charge is 2.31. The Morgan fingerprint density at radius 1 is 0.629 bits per heavy atom. The Kier molecular flexibility index (Phi) is 11.3.